The zero-order valence-electron chi connectivity index (χ0n) is 17.2. The molecule has 6 atom stereocenters. The summed E-state index contributed by atoms with van der Waals surface area (Å²) >= 11 is 0. The molecule has 11 heteroatoms. The lowest BCUT2D eigenvalue weighted by Crippen LogP contribution is -2.65. The highest BCUT2D eigenvalue weighted by atomic mass is 16.6. The van der Waals surface area contributed by atoms with Crippen molar-refractivity contribution in [3.05, 3.63) is 35.0 Å². The molecular weight excluding hydrogens is 362 g/mol. The summed E-state index contributed by atoms with van der Waals surface area (Å²) in [6.07, 6.45) is -6.78. The zero-order valence-corrected chi connectivity index (χ0v) is 14.2. The summed E-state index contributed by atoms with van der Waals surface area (Å²) in [5.74, 6) is -1.77. The van der Waals surface area contributed by atoms with Gasteiger partial charge in [-0.2, -0.15) is 4.57 Å². The minimum atomic E-state index is -2.68. The minimum absolute atomic E-state index is 0.0726. The normalized spacial score (nSPS) is 31.3. The molecule has 0 spiro atoms. The van der Waals surface area contributed by atoms with E-state index in [-0.39, 0.29) is 19.4 Å². The van der Waals surface area contributed by atoms with Crippen LogP contribution in [0.5, 0.6) is 0 Å². The van der Waals surface area contributed by atoms with E-state index in [9.17, 15) is 35.2 Å². The van der Waals surface area contributed by atoms with Crippen molar-refractivity contribution in [1.29, 1.82) is 0 Å². The molecule has 1 unspecified atom stereocenters. The van der Waals surface area contributed by atoms with Crippen LogP contribution in [0.4, 0.5) is 0 Å². The van der Waals surface area contributed by atoms with E-state index in [1.165, 1.54) is 29.1 Å². The van der Waals surface area contributed by atoms with Crippen molar-refractivity contribution < 1.29 is 43.7 Å². The summed E-state index contributed by atoms with van der Waals surface area (Å²) in [7, 11) is 0. The second-order valence-corrected chi connectivity index (χ2v) is 6.19. The number of ether oxygens (including phenoxy) is 1. The van der Waals surface area contributed by atoms with E-state index in [4.69, 9.17) is 8.85 Å². The number of rotatable bonds is 8. The molecule has 1 aromatic rings. The Kier molecular flexibility index (Phi) is 5.75. The summed E-state index contributed by atoms with van der Waals surface area (Å²) in [4.78, 5) is 21.7. The Morgan fingerprint density at radius 1 is 1.44 bits per heavy atom. The van der Waals surface area contributed by atoms with Crippen LogP contribution in [0.2, 0.25) is 0 Å². The monoisotopic (exact) mass is 388 g/mol. The second kappa shape index (κ2) is 9.15. The SMILES string of the molecule is [2H]C([2H])([2H])N(CCCC(O)c1ccc[n+]([C@@H]2O[C@H](C(=O)[O-])[C@@H](O)[C@H](O)[C@H]2O)c1)N=O. The van der Waals surface area contributed by atoms with Gasteiger partial charge in [0, 0.05) is 29.3 Å². The standard InChI is InChI=1S/C16H23N3O8/c1-18(17-26)6-3-5-10(20)9-4-2-7-19(8-9)15-13(23)11(21)12(22)14(27-15)16(24)25/h2,4,7-8,10-15,20-23H,3,5-6H2,1H3/t10?,11-,12-,13+,14-,15+/m0/s1/i1D3. The van der Waals surface area contributed by atoms with Crippen LogP contribution in [0.15, 0.2) is 29.8 Å². The molecule has 4 N–H and O–H groups in total. The first-order valence-electron chi connectivity index (χ1n) is 9.67. The molecule has 1 fully saturated rings. The van der Waals surface area contributed by atoms with Crippen molar-refractivity contribution in [3.63, 3.8) is 0 Å². The minimum Gasteiger partial charge on any atom is -0.547 e. The molecule has 150 valence electrons. The number of carbonyl (C=O) groups is 1. The number of pyridine rings is 1. The van der Waals surface area contributed by atoms with Gasteiger partial charge in [-0.1, -0.05) is 0 Å². The molecule has 1 aliphatic rings. The van der Waals surface area contributed by atoms with Crippen LogP contribution in [0, 0.1) is 4.91 Å². The molecule has 27 heavy (non-hydrogen) atoms. The van der Waals surface area contributed by atoms with Gasteiger partial charge < -0.3 is 35.1 Å². The highest BCUT2D eigenvalue weighted by Gasteiger charge is 2.48. The molecule has 11 nitrogen and oxygen atoms in total. The number of carboxylic acids is 1. The number of nitroso groups, excluding NO2 is 1. The van der Waals surface area contributed by atoms with Crippen LogP contribution in [-0.2, 0) is 9.53 Å². The molecule has 0 radical (unpaired) electrons. The summed E-state index contributed by atoms with van der Waals surface area (Å²) in [6.45, 7) is -2.89. The number of hydrogen-bond donors (Lipinski definition) is 4. The van der Waals surface area contributed by atoms with Gasteiger partial charge in [-0.3, -0.25) is 5.01 Å². The molecule has 2 rings (SSSR count). The van der Waals surface area contributed by atoms with E-state index in [0.717, 1.165) is 0 Å². The zero-order chi connectivity index (χ0) is 22.6. The van der Waals surface area contributed by atoms with Gasteiger partial charge in [-0.15, -0.1) is 4.91 Å². The first-order valence-corrected chi connectivity index (χ1v) is 8.17. The van der Waals surface area contributed by atoms with Crippen LogP contribution in [0.1, 0.15) is 34.8 Å². The maximum Gasteiger partial charge on any atom is 0.292 e. The summed E-state index contributed by atoms with van der Waals surface area (Å²) in [5, 5.41) is 54.1. The largest absolute Gasteiger partial charge is 0.547 e. The van der Waals surface area contributed by atoms with E-state index in [1.54, 1.807) is 0 Å². The average Bonchev–Trinajstić information content (AvgIpc) is 2.68. The van der Waals surface area contributed by atoms with Crippen LogP contribution in [0.25, 0.3) is 0 Å². The first-order chi connectivity index (χ1) is 14.0. The van der Waals surface area contributed by atoms with E-state index in [0.29, 0.717) is 10.6 Å². The van der Waals surface area contributed by atoms with E-state index < -0.39 is 49.7 Å². The Labute approximate surface area is 159 Å². The van der Waals surface area contributed by atoms with Gasteiger partial charge in [0.25, 0.3) is 6.23 Å². The third-order valence-corrected chi connectivity index (χ3v) is 4.29. The van der Waals surface area contributed by atoms with E-state index in [1.807, 2.05) is 0 Å². The third kappa shape index (κ3) is 4.96. The topological polar surface area (TPSA) is 167 Å². The number of hydrogen-bond acceptors (Lipinski definition) is 9. The van der Waals surface area contributed by atoms with Crippen molar-refractivity contribution in [2.75, 3.05) is 13.5 Å². The summed E-state index contributed by atoms with van der Waals surface area (Å²) in [5.41, 5.74) is 0.318. The number of aromatic nitrogens is 1. The number of aliphatic hydroxyl groups excluding tert-OH is 4. The smallest absolute Gasteiger partial charge is 0.292 e. The lowest BCUT2D eigenvalue weighted by atomic mass is 9.97. The van der Waals surface area contributed by atoms with E-state index >= 15 is 0 Å². The number of carboxylic acid groups (broad SMARTS) is 1. The predicted molar refractivity (Wildman–Crippen MR) is 86.2 cm³/mol. The Morgan fingerprint density at radius 2 is 2.19 bits per heavy atom. The highest BCUT2D eigenvalue weighted by Crippen LogP contribution is 2.25. The Bertz CT molecular complexity index is 753. The van der Waals surface area contributed by atoms with Crippen LogP contribution in [-0.4, -0.2) is 69.3 Å². The van der Waals surface area contributed by atoms with Gasteiger partial charge >= 0.3 is 0 Å². The van der Waals surface area contributed by atoms with Crippen molar-refractivity contribution in [2.45, 2.75) is 49.6 Å². The van der Waals surface area contributed by atoms with Crippen LogP contribution >= 0.6 is 0 Å². The van der Waals surface area contributed by atoms with Crippen molar-refractivity contribution in [1.82, 2.24) is 5.01 Å². The average molecular weight is 388 g/mol. The maximum atomic E-state index is 11.1. The molecule has 1 aliphatic heterocycles. The Balaban J connectivity index is 2.09. The molecule has 0 aromatic carbocycles. The fourth-order valence-corrected chi connectivity index (χ4v) is 2.81. The first kappa shape index (κ1) is 17.0. The molecule has 1 saturated heterocycles. The number of aliphatic carboxylic acids is 1. The van der Waals surface area contributed by atoms with Gasteiger partial charge in [0.15, 0.2) is 18.5 Å². The molecule has 0 saturated carbocycles. The van der Waals surface area contributed by atoms with Crippen LogP contribution < -0.4 is 9.67 Å². The van der Waals surface area contributed by atoms with E-state index in [2.05, 4.69) is 5.29 Å². The molecular formula is C16H23N3O8. The van der Waals surface area contributed by atoms with Gasteiger partial charge in [0.05, 0.1) is 17.4 Å². The highest BCUT2D eigenvalue weighted by molar-refractivity contribution is 5.71. The fraction of sp³-hybridized carbons (Fsp3) is 0.625. The van der Waals surface area contributed by atoms with Gasteiger partial charge in [0.2, 0.25) is 0 Å². The summed E-state index contributed by atoms with van der Waals surface area (Å²) < 4.78 is 27.9. The lowest BCUT2D eigenvalue weighted by Gasteiger charge is -2.37. The molecule has 0 amide bonds. The fourth-order valence-electron chi connectivity index (χ4n) is 2.81. The molecule has 0 bridgehead atoms. The van der Waals surface area contributed by atoms with Gasteiger partial charge in [-0.25, -0.2) is 0 Å². The third-order valence-electron chi connectivity index (χ3n) is 4.29. The Morgan fingerprint density at radius 3 is 2.81 bits per heavy atom. The van der Waals surface area contributed by atoms with Gasteiger partial charge in [-0.05, 0) is 18.9 Å². The Hall–Kier alpha value is -2.18. The molecule has 1 aromatic heterocycles. The van der Waals surface area contributed by atoms with Crippen molar-refractivity contribution in [2.24, 2.45) is 5.29 Å². The molecule has 0 aliphatic carbocycles. The van der Waals surface area contributed by atoms with Crippen molar-refractivity contribution in [3.8, 4) is 0 Å². The summed E-state index contributed by atoms with van der Waals surface area (Å²) in [6, 6.07) is 3.00. The molecule has 2 heterocycles. The quantitative estimate of drug-likeness (QED) is 0.208. The lowest BCUT2D eigenvalue weighted by molar-refractivity contribution is -0.777. The maximum absolute atomic E-state index is 11.1. The van der Waals surface area contributed by atoms with Gasteiger partial charge in [0.1, 0.15) is 18.3 Å². The number of nitrogens with zero attached hydrogens (tertiary/aromatic N) is 3. The predicted octanol–water partition coefficient (Wildman–Crippen LogP) is -2.87. The number of aliphatic hydroxyl groups is 4. The number of carbonyl (C=O) groups excluding carboxylic acids is 1. The van der Waals surface area contributed by atoms with Crippen molar-refractivity contribution >= 4 is 5.97 Å². The van der Waals surface area contributed by atoms with Crippen LogP contribution in [0.3, 0.4) is 0 Å². The second-order valence-electron chi connectivity index (χ2n) is 6.19.